The Hall–Kier alpha value is -3.12. The number of carbonyl (C=O) groups is 1. The van der Waals surface area contributed by atoms with Gasteiger partial charge in [-0.2, -0.15) is 0 Å². The molecule has 0 spiro atoms. The fourth-order valence-electron chi connectivity index (χ4n) is 3.92. The molecule has 0 fully saturated rings. The summed E-state index contributed by atoms with van der Waals surface area (Å²) < 4.78 is 28.3. The minimum Gasteiger partial charge on any atom is -0.311 e. The maximum atomic E-state index is 13.5. The number of amides is 1. The maximum Gasteiger partial charge on any atom is 0.264 e. The second kappa shape index (κ2) is 8.55. The van der Waals surface area contributed by atoms with E-state index in [9.17, 15) is 13.2 Å². The summed E-state index contributed by atoms with van der Waals surface area (Å²) in [5.74, 6) is -0.232. The topological polar surface area (TPSA) is 57.7 Å². The van der Waals surface area contributed by atoms with Crippen LogP contribution in [0.15, 0.2) is 77.7 Å². The molecule has 0 saturated heterocycles. The van der Waals surface area contributed by atoms with Gasteiger partial charge >= 0.3 is 0 Å². The zero-order valence-corrected chi connectivity index (χ0v) is 18.6. The second-order valence-corrected chi connectivity index (χ2v) is 9.73. The molecule has 0 radical (unpaired) electrons. The van der Waals surface area contributed by atoms with Crippen LogP contribution in [0.2, 0.25) is 0 Å². The molecule has 31 heavy (non-hydrogen) atoms. The second-order valence-electron chi connectivity index (χ2n) is 7.87. The average molecular weight is 435 g/mol. The summed E-state index contributed by atoms with van der Waals surface area (Å²) >= 11 is 0. The molecule has 160 valence electrons. The number of para-hydroxylation sites is 1. The van der Waals surface area contributed by atoms with Gasteiger partial charge in [-0.1, -0.05) is 42.5 Å². The molecule has 3 aromatic rings. The highest BCUT2D eigenvalue weighted by Crippen LogP contribution is 2.29. The lowest BCUT2D eigenvalue weighted by Crippen LogP contribution is -2.45. The van der Waals surface area contributed by atoms with Crippen molar-refractivity contribution in [1.82, 2.24) is 0 Å². The van der Waals surface area contributed by atoms with E-state index in [1.165, 1.54) is 4.31 Å². The summed E-state index contributed by atoms with van der Waals surface area (Å²) in [5.41, 5.74) is 4.52. The first-order chi connectivity index (χ1) is 14.9. The third-order valence-corrected chi connectivity index (χ3v) is 7.59. The number of fused-ring (bicyclic) bond motifs is 1. The van der Waals surface area contributed by atoms with E-state index in [4.69, 9.17) is 0 Å². The highest BCUT2D eigenvalue weighted by Gasteiger charge is 2.30. The number of hydrogen-bond acceptors (Lipinski definition) is 3. The number of hydrogen-bond donors (Lipinski definition) is 0. The molecule has 0 aliphatic carbocycles. The van der Waals surface area contributed by atoms with E-state index in [0.717, 1.165) is 35.2 Å². The van der Waals surface area contributed by atoms with E-state index in [0.29, 0.717) is 12.2 Å². The Labute approximate surface area is 184 Å². The molecule has 0 unspecified atom stereocenters. The lowest BCUT2D eigenvalue weighted by atomic mass is 10.0. The van der Waals surface area contributed by atoms with Crippen LogP contribution in [0.5, 0.6) is 0 Å². The number of nitrogens with zero attached hydrogens (tertiary/aromatic N) is 2. The summed E-state index contributed by atoms with van der Waals surface area (Å²) in [6.45, 7) is 4.25. The van der Waals surface area contributed by atoms with Crippen molar-refractivity contribution in [3.05, 3.63) is 89.5 Å². The van der Waals surface area contributed by atoms with Gasteiger partial charge in [0, 0.05) is 12.2 Å². The van der Waals surface area contributed by atoms with Crippen molar-refractivity contribution >= 4 is 27.3 Å². The zero-order valence-electron chi connectivity index (χ0n) is 17.8. The minimum absolute atomic E-state index is 0.167. The molecule has 5 nitrogen and oxygen atoms in total. The molecule has 0 aromatic heterocycles. The van der Waals surface area contributed by atoms with E-state index in [-0.39, 0.29) is 17.3 Å². The van der Waals surface area contributed by atoms with Crippen molar-refractivity contribution in [1.29, 1.82) is 0 Å². The van der Waals surface area contributed by atoms with Gasteiger partial charge in [0.1, 0.15) is 6.54 Å². The first-order valence-electron chi connectivity index (χ1n) is 10.4. The normalized spacial score (nSPS) is 13.5. The Bertz CT molecular complexity index is 1210. The maximum absolute atomic E-state index is 13.5. The van der Waals surface area contributed by atoms with Crippen molar-refractivity contribution in [2.45, 2.75) is 31.6 Å². The number of aryl methyl sites for hydroxylation is 3. The quantitative estimate of drug-likeness (QED) is 0.595. The Morgan fingerprint density at radius 2 is 1.65 bits per heavy atom. The Morgan fingerprint density at radius 1 is 0.935 bits per heavy atom. The Kier molecular flexibility index (Phi) is 5.83. The van der Waals surface area contributed by atoms with E-state index >= 15 is 0 Å². The van der Waals surface area contributed by atoms with Crippen LogP contribution in [-0.2, 0) is 21.2 Å². The molecule has 0 saturated carbocycles. The van der Waals surface area contributed by atoms with Crippen LogP contribution >= 0.6 is 0 Å². The molecule has 3 aromatic carbocycles. The zero-order chi connectivity index (χ0) is 22.0. The third-order valence-electron chi connectivity index (χ3n) is 5.80. The van der Waals surface area contributed by atoms with Crippen LogP contribution in [0.4, 0.5) is 11.4 Å². The van der Waals surface area contributed by atoms with E-state index in [1.54, 1.807) is 41.3 Å². The van der Waals surface area contributed by atoms with Crippen molar-refractivity contribution in [3.63, 3.8) is 0 Å². The SMILES string of the molecule is Cc1ccc(N(CC(=O)N2CCCc3ccccc32)S(=O)(=O)c2ccccc2)cc1C. The lowest BCUT2D eigenvalue weighted by molar-refractivity contribution is -0.117. The molecule has 0 N–H and O–H groups in total. The van der Waals surface area contributed by atoms with E-state index in [1.807, 2.05) is 50.2 Å². The average Bonchev–Trinajstić information content (AvgIpc) is 2.79. The van der Waals surface area contributed by atoms with E-state index in [2.05, 4.69) is 0 Å². The van der Waals surface area contributed by atoms with Gasteiger partial charge in [0.15, 0.2) is 0 Å². The Morgan fingerprint density at radius 3 is 2.39 bits per heavy atom. The summed E-state index contributed by atoms with van der Waals surface area (Å²) in [4.78, 5) is 15.3. The monoisotopic (exact) mass is 434 g/mol. The number of anilines is 2. The van der Waals surface area contributed by atoms with Crippen molar-refractivity contribution in [3.8, 4) is 0 Å². The smallest absolute Gasteiger partial charge is 0.264 e. The molecule has 4 rings (SSSR count). The third kappa shape index (κ3) is 4.21. The van der Waals surface area contributed by atoms with Gasteiger partial charge in [-0.25, -0.2) is 8.42 Å². The summed E-state index contributed by atoms with van der Waals surface area (Å²) in [5, 5.41) is 0. The predicted octanol–water partition coefficient (Wildman–Crippen LogP) is 4.48. The molecular weight excluding hydrogens is 408 g/mol. The van der Waals surface area contributed by atoms with Crippen LogP contribution in [-0.4, -0.2) is 27.4 Å². The molecule has 1 heterocycles. The highest BCUT2D eigenvalue weighted by molar-refractivity contribution is 7.92. The Balaban J connectivity index is 1.73. The van der Waals surface area contributed by atoms with Crippen LogP contribution in [0.25, 0.3) is 0 Å². The van der Waals surface area contributed by atoms with Gasteiger partial charge in [0.05, 0.1) is 10.6 Å². The van der Waals surface area contributed by atoms with Gasteiger partial charge in [0.2, 0.25) is 5.91 Å². The number of benzene rings is 3. The summed E-state index contributed by atoms with van der Waals surface area (Å²) in [7, 11) is -3.91. The van der Waals surface area contributed by atoms with Gasteiger partial charge in [-0.3, -0.25) is 9.10 Å². The summed E-state index contributed by atoms with van der Waals surface area (Å²) in [6, 6.07) is 21.6. The molecule has 0 bridgehead atoms. The highest BCUT2D eigenvalue weighted by atomic mass is 32.2. The first-order valence-corrected chi connectivity index (χ1v) is 11.9. The predicted molar refractivity (Wildman–Crippen MR) is 124 cm³/mol. The first kappa shape index (κ1) is 21.1. The fourth-order valence-corrected chi connectivity index (χ4v) is 5.34. The van der Waals surface area contributed by atoms with Crippen molar-refractivity contribution in [2.75, 3.05) is 22.3 Å². The van der Waals surface area contributed by atoms with Crippen LogP contribution in [0.3, 0.4) is 0 Å². The van der Waals surface area contributed by atoms with Crippen molar-refractivity contribution < 1.29 is 13.2 Å². The molecule has 1 aliphatic heterocycles. The van der Waals surface area contributed by atoms with Gasteiger partial charge in [-0.05, 0) is 73.7 Å². The van der Waals surface area contributed by atoms with E-state index < -0.39 is 10.0 Å². The van der Waals surface area contributed by atoms with Crippen LogP contribution in [0.1, 0.15) is 23.1 Å². The van der Waals surface area contributed by atoms with Gasteiger partial charge in [-0.15, -0.1) is 0 Å². The number of sulfonamides is 1. The van der Waals surface area contributed by atoms with Crippen LogP contribution < -0.4 is 9.21 Å². The molecule has 6 heteroatoms. The molecule has 1 aliphatic rings. The standard InChI is InChI=1S/C25H26N2O3S/c1-19-14-15-22(17-20(19)2)27(31(29,30)23-11-4-3-5-12-23)18-25(28)26-16-8-10-21-9-6-7-13-24(21)26/h3-7,9,11-15,17H,8,10,16,18H2,1-2H3. The minimum atomic E-state index is -3.91. The molecule has 1 amide bonds. The fraction of sp³-hybridized carbons (Fsp3) is 0.240. The van der Waals surface area contributed by atoms with Gasteiger partial charge in [0.25, 0.3) is 10.0 Å². The number of carbonyl (C=O) groups excluding carboxylic acids is 1. The number of rotatable bonds is 5. The van der Waals surface area contributed by atoms with Crippen molar-refractivity contribution in [2.24, 2.45) is 0 Å². The molecule has 0 atom stereocenters. The lowest BCUT2D eigenvalue weighted by Gasteiger charge is -2.32. The molecular formula is C25H26N2O3S. The summed E-state index contributed by atoms with van der Waals surface area (Å²) in [6.07, 6.45) is 1.78. The van der Waals surface area contributed by atoms with Crippen LogP contribution in [0, 0.1) is 13.8 Å². The largest absolute Gasteiger partial charge is 0.311 e. The van der Waals surface area contributed by atoms with Gasteiger partial charge < -0.3 is 4.90 Å².